The van der Waals surface area contributed by atoms with Gasteiger partial charge in [-0.3, -0.25) is 4.90 Å². The van der Waals surface area contributed by atoms with E-state index >= 15 is 0 Å². The molecule has 0 aromatic heterocycles. The Morgan fingerprint density at radius 1 is 0.864 bits per heavy atom. The van der Waals surface area contributed by atoms with Gasteiger partial charge < -0.3 is 9.90 Å². The number of aliphatic carboxylic acids is 1. The summed E-state index contributed by atoms with van der Waals surface area (Å²) >= 11 is 0. The molecule has 0 rings (SSSR count). The predicted molar refractivity (Wildman–Crippen MR) is 88.0 cm³/mol. The molecule has 4 heteroatoms. The van der Waals surface area contributed by atoms with Gasteiger partial charge in [-0.1, -0.05) is 51.0 Å². The minimum absolute atomic E-state index is 0. The summed E-state index contributed by atoms with van der Waals surface area (Å²) in [6.07, 6.45) is 17.5. The van der Waals surface area contributed by atoms with Crippen molar-refractivity contribution in [1.29, 1.82) is 0 Å². The predicted octanol–water partition coefficient (Wildman–Crippen LogP) is 0.315. The van der Waals surface area contributed by atoms with Gasteiger partial charge >= 0.3 is 18.9 Å². The molecule has 0 aliphatic rings. The molecule has 0 N–H and O–H groups in total. The van der Waals surface area contributed by atoms with Gasteiger partial charge in [0, 0.05) is 6.54 Å². The van der Waals surface area contributed by atoms with Crippen LogP contribution in [0, 0.1) is 0 Å². The van der Waals surface area contributed by atoms with Crippen LogP contribution in [0.2, 0.25) is 0 Å². The van der Waals surface area contributed by atoms with Crippen LogP contribution in [-0.4, -0.2) is 30.5 Å². The zero-order chi connectivity index (χ0) is 15.8. The Labute approximate surface area is 149 Å². The molecule has 0 fully saturated rings. The van der Waals surface area contributed by atoms with Crippen molar-refractivity contribution in [3.8, 4) is 0 Å². The largest absolute Gasteiger partial charge is 1.00 e. The smallest absolute Gasteiger partial charge is 0.549 e. The van der Waals surface area contributed by atoms with Crippen LogP contribution < -0.4 is 24.0 Å². The van der Waals surface area contributed by atoms with Crippen LogP contribution in [0.3, 0.4) is 0 Å². The number of carbonyl (C=O) groups excluding carboxylic acids is 1. The SMILES string of the molecule is CCC/C=C/CCCN(CCC/C=C/CCC)CC(=O)[O-].[Li+]. The van der Waals surface area contributed by atoms with Crippen molar-refractivity contribution in [3.63, 3.8) is 0 Å². The Morgan fingerprint density at radius 3 is 1.64 bits per heavy atom. The molecule has 3 nitrogen and oxygen atoms in total. The van der Waals surface area contributed by atoms with Gasteiger partial charge in [-0.15, -0.1) is 0 Å². The van der Waals surface area contributed by atoms with Crippen LogP contribution in [0.4, 0.5) is 0 Å². The quantitative estimate of drug-likeness (QED) is 0.264. The minimum Gasteiger partial charge on any atom is -0.549 e. The van der Waals surface area contributed by atoms with E-state index in [1.807, 2.05) is 4.90 Å². The van der Waals surface area contributed by atoms with E-state index in [1.54, 1.807) is 0 Å². The third-order valence-electron chi connectivity index (χ3n) is 3.29. The van der Waals surface area contributed by atoms with E-state index in [4.69, 9.17) is 0 Å². The van der Waals surface area contributed by atoms with Crippen molar-refractivity contribution in [3.05, 3.63) is 24.3 Å². The molecule has 22 heavy (non-hydrogen) atoms. The average Bonchev–Trinajstić information content (AvgIpc) is 2.45. The maximum Gasteiger partial charge on any atom is 1.00 e. The number of nitrogens with zero attached hydrogens (tertiary/aromatic N) is 1. The second kappa shape index (κ2) is 18.6. The number of carboxylic acid groups (broad SMARTS) is 1. The van der Waals surface area contributed by atoms with Crippen LogP contribution in [-0.2, 0) is 4.79 Å². The maximum absolute atomic E-state index is 10.8. The Balaban J connectivity index is 0. The molecule has 0 heterocycles. The van der Waals surface area contributed by atoms with Gasteiger partial charge in [0.15, 0.2) is 0 Å². The van der Waals surface area contributed by atoms with Crippen LogP contribution in [0.5, 0.6) is 0 Å². The second-order valence-electron chi connectivity index (χ2n) is 5.45. The van der Waals surface area contributed by atoms with E-state index in [0.29, 0.717) is 0 Å². The summed E-state index contributed by atoms with van der Waals surface area (Å²) in [5, 5.41) is 10.8. The fourth-order valence-corrected chi connectivity index (χ4v) is 2.12. The number of rotatable bonds is 14. The maximum atomic E-state index is 10.8. The Kier molecular flexibility index (Phi) is 20.0. The molecule has 0 saturated carbocycles. The van der Waals surface area contributed by atoms with Gasteiger partial charge in [0.05, 0.1) is 5.97 Å². The van der Waals surface area contributed by atoms with Crippen molar-refractivity contribution in [2.75, 3.05) is 19.6 Å². The van der Waals surface area contributed by atoms with Gasteiger partial charge in [-0.05, 0) is 51.6 Å². The molecular weight excluding hydrogens is 269 g/mol. The number of carboxylic acids is 1. The molecule has 0 saturated heterocycles. The molecule has 0 atom stereocenters. The van der Waals surface area contributed by atoms with Crippen molar-refractivity contribution in [2.45, 2.75) is 65.2 Å². The monoisotopic (exact) mass is 301 g/mol. The van der Waals surface area contributed by atoms with Crippen molar-refractivity contribution in [1.82, 2.24) is 4.90 Å². The summed E-state index contributed by atoms with van der Waals surface area (Å²) in [5.74, 6) is -0.974. The molecule has 0 aliphatic carbocycles. The first-order chi connectivity index (χ1) is 10.2. The Hall–Kier alpha value is -0.493. The van der Waals surface area contributed by atoms with Crippen molar-refractivity contribution in [2.24, 2.45) is 0 Å². The van der Waals surface area contributed by atoms with E-state index in [-0.39, 0.29) is 25.4 Å². The van der Waals surface area contributed by atoms with Crippen LogP contribution in [0.25, 0.3) is 0 Å². The molecule has 0 spiro atoms. The summed E-state index contributed by atoms with van der Waals surface area (Å²) < 4.78 is 0. The molecule has 0 aromatic carbocycles. The second-order valence-corrected chi connectivity index (χ2v) is 5.45. The number of allylic oxidation sites excluding steroid dienone is 4. The van der Waals surface area contributed by atoms with Gasteiger partial charge in [-0.2, -0.15) is 0 Å². The number of unbranched alkanes of at least 4 members (excludes halogenated alkanes) is 4. The topological polar surface area (TPSA) is 43.4 Å². The third kappa shape index (κ3) is 17.6. The normalized spacial score (nSPS) is 11.4. The zero-order valence-corrected chi connectivity index (χ0v) is 14.9. The first-order valence-electron chi connectivity index (χ1n) is 8.42. The zero-order valence-electron chi connectivity index (χ0n) is 14.9. The Morgan fingerprint density at radius 2 is 1.27 bits per heavy atom. The number of hydrogen-bond acceptors (Lipinski definition) is 3. The average molecular weight is 301 g/mol. The van der Waals surface area contributed by atoms with Crippen molar-refractivity contribution < 1.29 is 28.8 Å². The van der Waals surface area contributed by atoms with Crippen LogP contribution in [0.1, 0.15) is 65.2 Å². The molecule has 0 bridgehead atoms. The standard InChI is InChI=1S/C18H33NO2.Li/c1-3-5-7-9-11-13-15-19(17-18(20)21)16-14-12-10-8-6-4-2;/h7-10H,3-6,11-17H2,1-2H3,(H,20,21);/q;+1/p-1/b9-7+,10-8+;. The summed E-state index contributed by atoms with van der Waals surface area (Å²) in [6, 6.07) is 0. The van der Waals surface area contributed by atoms with E-state index in [0.717, 1.165) is 51.6 Å². The summed E-state index contributed by atoms with van der Waals surface area (Å²) in [4.78, 5) is 12.8. The molecule has 0 amide bonds. The summed E-state index contributed by atoms with van der Waals surface area (Å²) in [5.41, 5.74) is 0. The molecular formula is C18H32LiNO2. The molecule has 0 aromatic rings. The molecule has 122 valence electrons. The van der Waals surface area contributed by atoms with Gasteiger partial charge in [0.25, 0.3) is 0 Å². The molecule has 0 unspecified atom stereocenters. The van der Waals surface area contributed by atoms with E-state index in [2.05, 4.69) is 38.2 Å². The van der Waals surface area contributed by atoms with Crippen LogP contribution in [0.15, 0.2) is 24.3 Å². The minimum atomic E-state index is -0.974. The Bertz CT molecular complexity index is 281. The van der Waals surface area contributed by atoms with E-state index in [9.17, 15) is 9.90 Å². The van der Waals surface area contributed by atoms with Gasteiger partial charge in [0.1, 0.15) is 0 Å². The molecule has 0 radical (unpaired) electrons. The summed E-state index contributed by atoms with van der Waals surface area (Å²) in [7, 11) is 0. The van der Waals surface area contributed by atoms with E-state index < -0.39 is 5.97 Å². The number of carbonyl (C=O) groups is 1. The molecule has 0 aliphatic heterocycles. The fourth-order valence-electron chi connectivity index (χ4n) is 2.12. The van der Waals surface area contributed by atoms with Gasteiger partial charge in [0.2, 0.25) is 0 Å². The van der Waals surface area contributed by atoms with Crippen molar-refractivity contribution >= 4 is 5.97 Å². The first kappa shape index (κ1) is 23.8. The number of hydrogen-bond donors (Lipinski definition) is 0. The first-order valence-corrected chi connectivity index (χ1v) is 8.42. The van der Waals surface area contributed by atoms with Crippen LogP contribution >= 0.6 is 0 Å². The third-order valence-corrected chi connectivity index (χ3v) is 3.29. The summed E-state index contributed by atoms with van der Waals surface area (Å²) in [6.45, 7) is 6.06. The van der Waals surface area contributed by atoms with E-state index in [1.165, 1.54) is 12.8 Å². The fraction of sp³-hybridized carbons (Fsp3) is 0.722. The van der Waals surface area contributed by atoms with Gasteiger partial charge in [-0.25, -0.2) is 0 Å².